The number of nitrogens with zero attached hydrogens (tertiary/aromatic N) is 1. The zero-order chi connectivity index (χ0) is 21.6. The molecule has 0 spiro atoms. The van der Waals surface area contributed by atoms with Crippen LogP contribution in [0, 0.1) is 5.82 Å². The number of phenols is 1. The average Bonchev–Trinajstić information content (AvgIpc) is 3.26. The number of benzene rings is 3. The summed E-state index contributed by atoms with van der Waals surface area (Å²) in [4.78, 5) is 4.58. The van der Waals surface area contributed by atoms with Gasteiger partial charge in [0.1, 0.15) is 17.3 Å². The molecule has 31 heavy (non-hydrogen) atoms. The summed E-state index contributed by atoms with van der Waals surface area (Å²) in [5, 5.41) is 16.2. The number of aromatic hydroxyl groups is 1. The quantitative estimate of drug-likeness (QED) is 0.315. The first kappa shape index (κ1) is 20.3. The SMILES string of the molecule is COc1ccccc1CNC(=NCc1ccc2c(c1)OCO2)Nc1cc(F)ccc1O. The Morgan fingerprint density at radius 3 is 2.81 bits per heavy atom. The minimum Gasteiger partial charge on any atom is -0.506 e. The van der Waals surface area contributed by atoms with Crippen LogP contribution in [0.15, 0.2) is 65.7 Å². The lowest BCUT2D eigenvalue weighted by atomic mass is 10.2. The molecule has 1 heterocycles. The Bertz CT molecular complexity index is 1100. The van der Waals surface area contributed by atoms with E-state index < -0.39 is 5.82 Å². The molecule has 0 aromatic heterocycles. The van der Waals surface area contributed by atoms with Gasteiger partial charge in [-0.2, -0.15) is 0 Å². The Morgan fingerprint density at radius 1 is 1.10 bits per heavy atom. The van der Waals surface area contributed by atoms with Crippen LogP contribution in [0.2, 0.25) is 0 Å². The third-order valence-corrected chi connectivity index (χ3v) is 4.71. The third-order valence-electron chi connectivity index (χ3n) is 4.71. The summed E-state index contributed by atoms with van der Waals surface area (Å²) in [6.07, 6.45) is 0. The van der Waals surface area contributed by atoms with Crippen LogP contribution in [0.25, 0.3) is 0 Å². The number of nitrogens with one attached hydrogen (secondary N) is 2. The molecule has 3 aromatic carbocycles. The molecule has 0 radical (unpaired) electrons. The van der Waals surface area contributed by atoms with Crippen LogP contribution in [0.5, 0.6) is 23.0 Å². The smallest absolute Gasteiger partial charge is 0.231 e. The van der Waals surface area contributed by atoms with E-state index in [2.05, 4.69) is 15.6 Å². The molecule has 0 fully saturated rings. The molecule has 8 heteroatoms. The molecule has 0 aliphatic carbocycles. The maximum atomic E-state index is 13.7. The number of halogens is 1. The molecular formula is C23H22FN3O4. The number of hydrogen-bond acceptors (Lipinski definition) is 5. The fraction of sp³-hybridized carbons (Fsp3) is 0.174. The number of aliphatic imine (C=N–C) groups is 1. The Kier molecular flexibility index (Phi) is 6.07. The second kappa shape index (κ2) is 9.25. The highest BCUT2D eigenvalue weighted by Gasteiger charge is 2.13. The van der Waals surface area contributed by atoms with Crippen LogP contribution in [0.3, 0.4) is 0 Å². The first-order valence-electron chi connectivity index (χ1n) is 9.66. The standard InChI is InChI=1S/C23H22FN3O4/c1-29-20-5-3-2-4-16(20)13-26-23(27-18-11-17(24)7-8-19(18)28)25-12-15-6-9-21-22(10-15)31-14-30-21/h2-11,28H,12-14H2,1H3,(H2,25,26,27). The van der Waals surface area contributed by atoms with E-state index in [-0.39, 0.29) is 18.2 Å². The number of guanidine groups is 1. The lowest BCUT2D eigenvalue weighted by molar-refractivity contribution is 0.174. The molecule has 7 nitrogen and oxygen atoms in total. The summed E-state index contributed by atoms with van der Waals surface area (Å²) in [7, 11) is 1.61. The van der Waals surface area contributed by atoms with Gasteiger partial charge in [0.05, 0.1) is 19.3 Å². The first-order chi connectivity index (χ1) is 15.1. The number of ether oxygens (including phenoxy) is 3. The van der Waals surface area contributed by atoms with Gasteiger partial charge in [-0.25, -0.2) is 9.38 Å². The Balaban J connectivity index is 1.55. The topological polar surface area (TPSA) is 84.3 Å². The molecule has 0 saturated carbocycles. The molecule has 0 amide bonds. The van der Waals surface area contributed by atoms with Gasteiger partial charge in [-0.05, 0) is 35.9 Å². The van der Waals surface area contributed by atoms with Crippen LogP contribution in [0.4, 0.5) is 10.1 Å². The number of fused-ring (bicyclic) bond motifs is 1. The van der Waals surface area contributed by atoms with E-state index in [1.807, 2.05) is 42.5 Å². The fourth-order valence-electron chi connectivity index (χ4n) is 3.11. The molecule has 4 rings (SSSR count). The van der Waals surface area contributed by atoms with Gasteiger partial charge in [0, 0.05) is 18.2 Å². The minimum absolute atomic E-state index is 0.0868. The van der Waals surface area contributed by atoms with E-state index in [1.54, 1.807) is 7.11 Å². The predicted molar refractivity (Wildman–Crippen MR) is 115 cm³/mol. The molecule has 3 aromatic rings. The van der Waals surface area contributed by atoms with E-state index in [0.29, 0.717) is 30.5 Å². The van der Waals surface area contributed by atoms with Gasteiger partial charge >= 0.3 is 0 Å². The largest absolute Gasteiger partial charge is 0.506 e. The van der Waals surface area contributed by atoms with Crippen molar-refractivity contribution in [2.24, 2.45) is 4.99 Å². The highest BCUT2D eigenvalue weighted by atomic mass is 19.1. The third kappa shape index (κ3) is 4.98. The number of hydrogen-bond donors (Lipinski definition) is 3. The van der Waals surface area contributed by atoms with Gasteiger partial charge < -0.3 is 30.0 Å². The maximum absolute atomic E-state index is 13.7. The number of rotatable bonds is 6. The summed E-state index contributed by atoms with van der Waals surface area (Å²) in [5.74, 6) is 1.91. The molecule has 1 aliphatic rings. The summed E-state index contributed by atoms with van der Waals surface area (Å²) < 4.78 is 29.8. The van der Waals surface area contributed by atoms with Crippen molar-refractivity contribution in [1.82, 2.24) is 5.32 Å². The molecular weight excluding hydrogens is 401 g/mol. The van der Waals surface area contributed by atoms with Gasteiger partial charge in [0.2, 0.25) is 6.79 Å². The summed E-state index contributed by atoms with van der Waals surface area (Å²) in [5.41, 5.74) is 2.04. The highest BCUT2D eigenvalue weighted by Crippen LogP contribution is 2.32. The van der Waals surface area contributed by atoms with Crippen LogP contribution < -0.4 is 24.8 Å². The van der Waals surface area contributed by atoms with Crippen LogP contribution in [0.1, 0.15) is 11.1 Å². The Hall–Kier alpha value is -3.94. The van der Waals surface area contributed by atoms with E-state index >= 15 is 0 Å². The maximum Gasteiger partial charge on any atom is 0.231 e. The van der Waals surface area contributed by atoms with E-state index in [0.717, 1.165) is 16.9 Å². The number of methoxy groups -OCH3 is 1. The zero-order valence-electron chi connectivity index (χ0n) is 16.9. The van der Waals surface area contributed by atoms with Gasteiger partial charge in [-0.1, -0.05) is 24.3 Å². The first-order valence-corrected chi connectivity index (χ1v) is 9.66. The van der Waals surface area contributed by atoms with E-state index in [1.165, 1.54) is 18.2 Å². The molecule has 0 saturated heterocycles. The van der Waals surface area contributed by atoms with Gasteiger partial charge in [0.15, 0.2) is 17.5 Å². The molecule has 0 bridgehead atoms. The van der Waals surface area contributed by atoms with Crippen molar-refractivity contribution in [1.29, 1.82) is 0 Å². The summed E-state index contributed by atoms with van der Waals surface area (Å²) >= 11 is 0. The molecule has 160 valence electrons. The number of anilines is 1. The van der Waals surface area contributed by atoms with Crippen LogP contribution in [-0.4, -0.2) is 25.0 Å². The van der Waals surface area contributed by atoms with Crippen molar-refractivity contribution in [2.45, 2.75) is 13.1 Å². The predicted octanol–water partition coefficient (Wildman–Crippen LogP) is 4.03. The Morgan fingerprint density at radius 2 is 1.94 bits per heavy atom. The average molecular weight is 423 g/mol. The van der Waals surface area contributed by atoms with Crippen molar-refractivity contribution in [3.8, 4) is 23.0 Å². The zero-order valence-corrected chi connectivity index (χ0v) is 16.9. The number of para-hydroxylation sites is 1. The lowest BCUT2D eigenvalue weighted by Crippen LogP contribution is -2.30. The molecule has 0 unspecified atom stereocenters. The summed E-state index contributed by atoms with van der Waals surface area (Å²) in [6, 6.07) is 16.9. The molecule has 1 aliphatic heterocycles. The van der Waals surface area contributed by atoms with E-state index in [9.17, 15) is 9.50 Å². The fourth-order valence-corrected chi connectivity index (χ4v) is 3.11. The van der Waals surface area contributed by atoms with Crippen molar-refractivity contribution in [3.05, 3.63) is 77.6 Å². The van der Waals surface area contributed by atoms with Gasteiger partial charge in [-0.3, -0.25) is 0 Å². The Labute approximate surface area is 179 Å². The molecule has 3 N–H and O–H groups in total. The van der Waals surface area contributed by atoms with Crippen molar-refractivity contribution >= 4 is 11.6 Å². The van der Waals surface area contributed by atoms with E-state index in [4.69, 9.17) is 14.2 Å². The van der Waals surface area contributed by atoms with Crippen molar-refractivity contribution < 1.29 is 23.7 Å². The second-order valence-electron chi connectivity index (χ2n) is 6.80. The highest BCUT2D eigenvalue weighted by molar-refractivity contribution is 5.94. The lowest BCUT2D eigenvalue weighted by Gasteiger charge is -2.15. The second-order valence-corrected chi connectivity index (χ2v) is 6.80. The van der Waals surface area contributed by atoms with Gasteiger partial charge in [-0.15, -0.1) is 0 Å². The van der Waals surface area contributed by atoms with Crippen LogP contribution >= 0.6 is 0 Å². The monoisotopic (exact) mass is 423 g/mol. The molecule has 0 atom stereocenters. The normalized spacial score (nSPS) is 12.5. The van der Waals surface area contributed by atoms with Crippen molar-refractivity contribution in [2.75, 3.05) is 19.2 Å². The van der Waals surface area contributed by atoms with Crippen molar-refractivity contribution in [3.63, 3.8) is 0 Å². The van der Waals surface area contributed by atoms with Gasteiger partial charge in [0.25, 0.3) is 0 Å². The summed E-state index contributed by atoms with van der Waals surface area (Å²) in [6.45, 7) is 0.940. The van der Waals surface area contributed by atoms with Crippen LogP contribution in [-0.2, 0) is 13.1 Å². The number of phenolic OH excluding ortho intramolecular Hbond substituents is 1. The minimum atomic E-state index is -0.472.